The Balaban J connectivity index is 1.44. The molecule has 1 saturated carbocycles. The number of ether oxygens (including phenoxy) is 1. The van der Waals surface area contributed by atoms with Crippen LogP contribution in [0, 0.1) is 0 Å². The van der Waals surface area contributed by atoms with Gasteiger partial charge in [0, 0.05) is 12.6 Å². The molecule has 5 rings (SSSR count). The molecule has 184 valence electrons. The maximum Gasteiger partial charge on any atom is 0.271 e. The summed E-state index contributed by atoms with van der Waals surface area (Å²) in [5.41, 5.74) is 1.47. The zero-order valence-corrected chi connectivity index (χ0v) is 20.5. The molecule has 7 heteroatoms. The van der Waals surface area contributed by atoms with E-state index < -0.39 is 5.54 Å². The Labute approximate surface area is 206 Å². The van der Waals surface area contributed by atoms with Gasteiger partial charge in [-0.2, -0.15) is 0 Å². The van der Waals surface area contributed by atoms with Gasteiger partial charge in [-0.1, -0.05) is 25.0 Å². The first-order valence-corrected chi connectivity index (χ1v) is 12.6. The van der Waals surface area contributed by atoms with E-state index in [-0.39, 0.29) is 17.9 Å². The van der Waals surface area contributed by atoms with Crippen molar-refractivity contribution in [1.29, 1.82) is 0 Å². The van der Waals surface area contributed by atoms with Crippen LogP contribution in [0.2, 0.25) is 0 Å². The van der Waals surface area contributed by atoms with Crippen LogP contribution in [0.5, 0.6) is 5.75 Å². The average molecular weight is 476 g/mol. The number of carbonyl (C=O) groups is 2. The zero-order chi connectivity index (χ0) is 24.4. The SMILES string of the molecule is CCOc1ccc(CCN2C(=O)c3ccc(-c4ccco4)n3CC2(C)C(=O)NC2CCCC2)cc1. The highest BCUT2D eigenvalue weighted by Crippen LogP contribution is 2.34. The molecule has 7 nitrogen and oxygen atoms in total. The van der Waals surface area contributed by atoms with E-state index in [0.29, 0.717) is 37.6 Å². The Kier molecular flexibility index (Phi) is 6.41. The molecule has 0 radical (unpaired) electrons. The van der Waals surface area contributed by atoms with Gasteiger partial charge < -0.3 is 23.9 Å². The van der Waals surface area contributed by atoms with Crippen LogP contribution in [-0.2, 0) is 17.8 Å². The van der Waals surface area contributed by atoms with Crippen LogP contribution in [0.4, 0.5) is 0 Å². The van der Waals surface area contributed by atoms with Crippen LogP contribution in [0.25, 0.3) is 11.5 Å². The maximum absolute atomic E-state index is 13.8. The molecule has 0 bridgehead atoms. The highest BCUT2D eigenvalue weighted by Gasteiger charge is 2.48. The quantitative estimate of drug-likeness (QED) is 0.514. The molecular formula is C28H33N3O4. The summed E-state index contributed by atoms with van der Waals surface area (Å²) in [5.74, 6) is 1.29. The van der Waals surface area contributed by atoms with Gasteiger partial charge in [0.05, 0.1) is 25.1 Å². The summed E-state index contributed by atoms with van der Waals surface area (Å²) in [4.78, 5) is 29.3. The number of carbonyl (C=O) groups excluding carboxylic acids is 2. The summed E-state index contributed by atoms with van der Waals surface area (Å²) in [7, 11) is 0. The largest absolute Gasteiger partial charge is 0.494 e. The molecule has 1 atom stereocenters. The predicted octanol–water partition coefficient (Wildman–Crippen LogP) is 4.66. The second-order valence-electron chi connectivity index (χ2n) is 9.68. The number of amides is 2. The number of fused-ring (bicyclic) bond motifs is 1. The lowest BCUT2D eigenvalue weighted by Crippen LogP contribution is -2.65. The number of aromatic nitrogens is 1. The second kappa shape index (κ2) is 9.64. The van der Waals surface area contributed by atoms with E-state index in [1.807, 2.05) is 66.9 Å². The van der Waals surface area contributed by atoms with Crippen LogP contribution in [0.3, 0.4) is 0 Å². The fraction of sp³-hybridized carbons (Fsp3) is 0.429. The summed E-state index contributed by atoms with van der Waals surface area (Å²) >= 11 is 0. The molecule has 1 N–H and O–H groups in total. The van der Waals surface area contributed by atoms with E-state index in [4.69, 9.17) is 9.15 Å². The lowest BCUT2D eigenvalue weighted by Gasteiger charge is -2.44. The van der Waals surface area contributed by atoms with Gasteiger partial charge in [0.1, 0.15) is 22.7 Å². The van der Waals surface area contributed by atoms with Crippen molar-refractivity contribution >= 4 is 11.8 Å². The van der Waals surface area contributed by atoms with Gasteiger partial charge in [-0.25, -0.2) is 0 Å². The highest BCUT2D eigenvalue weighted by atomic mass is 16.5. The fourth-order valence-electron chi connectivity index (χ4n) is 5.33. The first-order chi connectivity index (χ1) is 17.0. The van der Waals surface area contributed by atoms with Gasteiger partial charge in [-0.3, -0.25) is 9.59 Å². The molecule has 1 unspecified atom stereocenters. The van der Waals surface area contributed by atoms with Crippen molar-refractivity contribution in [2.24, 2.45) is 0 Å². The number of hydrogen-bond acceptors (Lipinski definition) is 4. The third kappa shape index (κ3) is 4.47. The third-order valence-corrected chi connectivity index (χ3v) is 7.32. The first kappa shape index (κ1) is 23.3. The molecule has 1 fully saturated rings. The number of nitrogens with zero attached hydrogens (tertiary/aromatic N) is 2. The van der Waals surface area contributed by atoms with E-state index in [9.17, 15) is 9.59 Å². The van der Waals surface area contributed by atoms with Crippen molar-refractivity contribution < 1.29 is 18.7 Å². The van der Waals surface area contributed by atoms with E-state index in [1.54, 1.807) is 11.2 Å². The molecule has 2 amide bonds. The predicted molar refractivity (Wildman–Crippen MR) is 133 cm³/mol. The van der Waals surface area contributed by atoms with Crippen LogP contribution in [0.1, 0.15) is 55.6 Å². The van der Waals surface area contributed by atoms with Crippen molar-refractivity contribution in [2.75, 3.05) is 13.2 Å². The van der Waals surface area contributed by atoms with Crippen molar-refractivity contribution in [2.45, 2.75) is 64.1 Å². The van der Waals surface area contributed by atoms with Gasteiger partial charge in [0.2, 0.25) is 5.91 Å². The van der Waals surface area contributed by atoms with E-state index in [2.05, 4.69) is 5.32 Å². The smallest absolute Gasteiger partial charge is 0.271 e. The summed E-state index contributed by atoms with van der Waals surface area (Å²) in [6.45, 7) is 5.29. The number of rotatable bonds is 8. The van der Waals surface area contributed by atoms with Crippen LogP contribution in [-0.4, -0.2) is 46.0 Å². The Morgan fingerprint density at radius 1 is 1.11 bits per heavy atom. The molecule has 2 aromatic heterocycles. The Morgan fingerprint density at radius 2 is 1.86 bits per heavy atom. The van der Waals surface area contributed by atoms with Gasteiger partial charge in [0.25, 0.3) is 5.91 Å². The lowest BCUT2D eigenvalue weighted by molar-refractivity contribution is -0.133. The third-order valence-electron chi connectivity index (χ3n) is 7.32. The summed E-state index contributed by atoms with van der Waals surface area (Å²) in [6, 6.07) is 15.6. The maximum atomic E-state index is 13.8. The normalized spacial score (nSPS) is 20.2. The number of hydrogen-bond donors (Lipinski definition) is 1. The Morgan fingerprint density at radius 3 is 2.54 bits per heavy atom. The Bertz CT molecular complexity index is 1180. The molecule has 3 heterocycles. The van der Waals surface area contributed by atoms with Crippen LogP contribution >= 0.6 is 0 Å². The van der Waals surface area contributed by atoms with Crippen molar-refractivity contribution in [3.63, 3.8) is 0 Å². The molecule has 35 heavy (non-hydrogen) atoms. The van der Waals surface area contributed by atoms with Crippen molar-refractivity contribution in [3.05, 3.63) is 66.1 Å². The lowest BCUT2D eigenvalue weighted by atomic mass is 9.93. The van der Waals surface area contributed by atoms with E-state index >= 15 is 0 Å². The minimum Gasteiger partial charge on any atom is -0.494 e. The van der Waals surface area contributed by atoms with E-state index in [1.165, 1.54) is 0 Å². The molecule has 3 aromatic rings. The number of furan rings is 1. The molecule has 0 spiro atoms. The number of benzene rings is 1. The van der Waals surface area contributed by atoms with Gasteiger partial charge in [-0.05, 0) is 75.1 Å². The summed E-state index contributed by atoms with van der Waals surface area (Å²) in [6.07, 6.45) is 6.52. The van der Waals surface area contributed by atoms with Crippen molar-refractivity contribution in [3.8, 4) is 17.2 Å². The number of nitrogens with one attached hydrogen (secondary N) is 1. The molecular weight excluding hydrogens is 442 g/mol. The fourth-order valence-corrected chi connectivity index (χ4v) is 5.33. The minimum absolute atomic E-state index is 0.0887. The van der Waals surface area contributed by atoms with Gasteiger partial charge >= 0.3 is 0 Å². The van der Waals surface area contributed by atoms with Gasteiger partial charge in [0.15, 0.2) is 0 Å². The standard InChI is InChI=1S/C28H33N3O4/c1-3-34-22-12-10-20(11-13-22)16-17-31-26(32)24-15-14-23(25-9-6-18-35-25)30(24)19-28(31,2)27(33)29-21-7-4-5-8-21/h6,9-15,18,21H,3-5,7-8,16-17,19H2,1-2H3,(H,29,33). The topological polar surface area (TPSA) is 76.7 Å². The summed E-state index contributed by atoms with van der Waals surface area (Å²) < 4.78 is 13.1. The van der Waals surface area contributed by atoms with Crippen molar-refractivity contribution in [1.82, 2.24) is 14.8 Å². The average Bonchev–Trinajstić information content (AvgIpc) is 3.62. The van der Waals surface area contributed by atoms with E-state index in [0.717, 1.165) is 42.7 Å². The van der Waals surface area contributed by atoms with Gasteiger partial charge in [-0.15, -0.1) is 0 Å². The second-order valence-corrected chi connectivity index (χ2v) is 9.68. The first-order valence-electron chi connectivity index (χ1n) is 12.6. The van der Waals surface area contributed by atoms with Crippen LogP contribution < -0.4 is 10.1 Å². The summed E-state index contributed by atoms with van der Waals surface area (Å²) in [5, 5.41) is 3.25. The molecule has 2 aliphatic rings. The Hall–Kier alpha value is -3.48. The molecule has 1 aromatic carbocycles. The molecule has 0 saturated heterocycles. The zero-order valence-electron chi connectivity index (χ0n) is 20.5. The van der Waals surface area contributed by atoms with Crippen LogP contribution in [0.15, 0.2) is 59.2 Å². The molecule has 1 aliphatic carbocycles. The minimum atomic E-state index is -1.02. The monoisotopic (exact) mass is 475 g/mol. The molecule has 1 aliphatic heterocycles. The highest BCUT2D eigenvalue weighted by molar-refractivity contribution is 6.00.